The predicted molar refractivity (Wildman–Crippen MR) is 55.9 cm³/mol. The van der Waals surface area contributed by atoms with Crippen LogP contribution in [0.3, 0.4) is 0 Å². The maximum atomic E-state index is 8.43. The number of rotatable bonds is 3. The van der Waals surface area contributed by atoms with Gasteiger partial charge >= 0.3 is 0 Å². The molecule has 71 valence electrons. The van der Waals surface area contributed by atoms with Gasteiger partial charge in [-0.3, -0.25) is 0 Å². The molecule has 1 aromatic rings. The van der Waals surface area contributed by atoms with Crippen molar-refractivity contribution in [3.8, 4) is 11.8 Å². The minimum Gasteiger partial charge on any atom is -0.462 e. The summed E-state index contributed by atoms with van der Waals surface area (Å²) in [6, 6.07) is 8.94. The minimum absolute atomic E-state index is 0.0414. The van der Waals surface area contributed by atoms with Crippen LogP contribution in [0.1, 0.15) is 5.56 Å². The first-order valence-corrected chi connectivity index (χ1v) is 4.48. The van der Waals surface area contributed by atoms with Gasteiger partial charge in [0, 0.05) is 0 Å². The van der Waals surface area contributed by atoms with Crippen LogP contribution in [0.5, 0.6) is 5.75 Å². The Morgan fingerprint density at radius 1 is 1.43 bits per heavy atom. The van der Waals surface area contributed by atoms with Crippen LogP contribution in [0.15, 0.2) is 35.0 Å². The Morgan fingerprint density at radius 2 is 2.21 bits per heavy atom. The van der Waals surface area contributed by atoms with Gasteiger partial charge < -0.3 is 4.74 Å². The SMILES string of the molecule is N#C[CH]c1cccc(OC=C(Cl)Cl)c1. The van der Waals surface area contributed by atoms with Crippen molar-refractivity contribution in [1.82, 2.24) is 0 Å². The molecule has 0 saturated heterocycles. The highest BCUT2D eigenvalue weighted by atomic mass is 35.5. The van der Waals surface area contributed by atoms with Crippen LogP contribution >= 0.6 is 23.2 Å². The Balaban J connectivity index is 2.74. The van der Waals surface area contributed by atoms with Crippen LogP contribution in [0.4, 0.5) is 0 Å². The Labute approximate surface area is 92.3 Å². The average molecular weight is 227 g/mol. The molecule has 0 saturated carbocycles. The van der Waals surface area contributed by atoms with E-state index in [1.54, 1.807) is 24.3 Å². The van der Waals surface area contributed by atoms with Crippen LogP contribution in [-0.4, -0.2) is 0 Å². The molecule has 0 aliphatic heterocycles. The van der Waals surface area contributed by atoms with Crippen molar-refractivity contribution in [3.05, 3.63) is 47.0 Å². The summed E-state index contributed by atoms with van der Waals surface area (Å²) in [4.78, 5) is 0. The largest absolute Gasteiger partial charge is 0.462 e. The lowest BCUT2D eigenvalue weighted by Crippen LogP contribution is -1.84. The molecule has 0 amide bonds. The van der Waals surface area contributed by atoms with Gasteiger partial charge in [-0.1, -0.05) is 35.3 Å². The van der Waals surface area contributed by atoms with E-state index in [1.807, 2.05) is 6.07 Å². The number of nitrogens with zero attached hydrogens (tertiary/aromatic N) is 1. The molecule has 2 nitrogen and oxygen atoms in total. The molecule has 0 fully saturated rings. The average Bonchev–Trinajstić information content (AvgIpc) is 2.16. The van der Waals surface area contributed by atoms with Crippen molar-refractivity contribution in [2.24, 2.45) is 0 Å². The van der Waals surface area contributed by atoms with Gasteiger partial charge in [0.25, 0.3) is 0 Å². The fraction of sp³-hybridized carbons (Fsp3) is 0. The third-order valence-electron chi connectivity index (χ3n) is 1.37. The first-order chi connectivity index (χ1) is 6.72. The van der Waals surface area contributed by atoms with E-state index in [0.717, 1.165) is 5.56 Å². The fourth-order valence-electron chi connectivity index (χ4n) is 0.865. The number of hydrogen-bond donors (Lipinski definition) is 0. The van der Waals surface area contributed by atoms with Crippen molar-refractivity contribution in [1.29, 1.82) is 5.26 Å². The standard InChI is InChI=1S/C10H6Cl2NO/c11-10(12)7-14-9-3-1-2-8(6-9)4-5-13/h1-4,6-7H. The second-order valence-corrected chi connectivity index (χ2v) is 3.38. The molecule has 1 radical (unpaired) electrons. The first kappa shape index (κ1) is 10.9. The van der Waals surface area contributed by atoms with Crippen molar-refractivity contribution >= 4 is 23.2 Å². The summed E-state index contributed by atoms with van der Waals surface area (Å²) >= 11 is 10.7. The highest BCUT2D eigenvalue weighted by Gasteiger charge is 1.95. The van der Waals surface area contributed by atoms with E-state index in [9.17, 15) is 0 Å². The molecule has 0 spiro atoms. The van der Waals surface area contributed by atoms with E-state index in [0.29, 0.717) is 5.75 Å². The minimum atomic E-state index is 0.0414. The van der Waals surface area contributed by atoms with E-state index in [2.05, 4.69) is 0 Å². The monoisotopic (exact) mass is 226 g/mol. The van der Waals surface area contributed by atoms with Crippen LogP contribution in [0, 0.1) is 17.8 Å². The molecule has 4 heteroatoms. The quantitative estimate of drug-likeness (QED) is 0.741. The summed E-state index contributed by atoms with van der Waals surface area (Å²) in [5, 5.41) is 8.43. The predicted octanol–water partition coefficient (Wildman–Crippen LogP) is 3.42. The lowest BCUT2D eigenvalue weighted by Gasteiger charge is -2.00. The van der Waals surface area contributed by atoms with E-state index in [4.69, 9.17) is 33.2 Å². The van der Waals surface area contributed by atoms with Gasteiger partial charge in [-0.05, 0) is 17.7 Å². The maximum absolute atomic E-state index is 8.43. The molecular formula is C10H6Cl2NO. The van der Waals surface area contributed by atoms with Crippen LogP contribution in [0.2, 0.25) is 0 Å². The topological polar surface area (TPSA) is 33.0 Å². The maximum Gasteiger partial charge on any atom is 0.141 e. The zero-order valence-electron chi connectivity index (χ0n) is 7.08. The molecule has 0 aliphatic carbocycles. The number of nitriles is 1. The number of hydrogen-bond acceptors (Lipinski definition) is 2. The van der Waals surface area contributed by atoms with Gasteiger partial charge in [-0.25, -0.2) is 0 Å². The smallest absolute Gasteiger partial charge is 0.141 e. The van der Waals surface area contributed by atoms with E-state index in [1.165, 1.54) is 12.7 Å². The van der Waals surface area contributed by atoms with Gasteiger partial charge in [0.15, 0.2) is 0 Å². The van der Waals surface area contributed by atoms with E-state index < -0.39 is 0 Å². The van der Waals surface area contributed by atoms with E-state index >= 15 is 0 Å². The van der Waals surface area contributed by atoms with Crippen molar-refractivity contribution < 1.29 is 4.74 Å². The highest BCUT2D eigenvalue weighted by molar-refractivity contribution is 6.55. The molecule has 1 aromatic carbocycles. The molecule has 1 rings (SSSR count). The zero-order valence-corrected chi connectivity index (χ0v) is 8.59. The Kier molecular flexibility index (Phi) is 4.31. The molecule has 0 heterocycles. The van der Waals surface area contributed by atoms with Gasteiger partial charge in [0.1, 0.15) is 16.5 Å². The molecule has 0 atom stereocenters. The lowest BCUT2D eigenvalue weighted by molar-refractivity contribution is 0.481. The highest BCUT2D eigenvalue weighted by Crippen LogP contribution is 2.16. The van der Waals surface area contributed by atoms with Gasteiger partial charge in [-0.15, -0.1) is 0 Å². The summed E-state index contributed by atoms with van der Waals surface area (Å²) in [5.41, 5.74) is 0.768. The van der Waals surface area contributed by atoms with E-state index in [-0.39, 0.29) is 4.49 Å². The molecule has 0 unspecified atom stereocenters. The van der Waals surface area contributed by atoms with Gasteiger partial charge in [0.2, 0.25) is 0 Å². The second-order valence-electron chi connectivity index (χ2n) is 2.37. The molecule has 0 bridgehead atoms. The Morgan fingerprint density at radius 3 is 2.86 bits per heavy atom. The Hall–Kier alpha value is -1.17. The molecule has 0 N–H and O–H groups in total. The molecule has 0 aromatic heterocycles. The summed E-state index contributed by atoms with van der Waals surface area (Å²) in [5.74, 6) is 0.577. The second kappa shape index (κ2) is 5.54. The third-order valence-corrected chi connectivity index (χ3v) is 1.55. The van der Waals surface area contributed by atoms with Gasteiger partial charge in [0.05, 0.1) is 12.5 Å². The van der Waals surface area contributed by atoms with Crippen molar-refractivity contribution in [3.63, 3.8) is 0 Å². The lowest BCUT2D eigenvalue weighted by atomic mass is 10.2. The molecular weight excluding hydrogens is 221 g/mol. The number of benzene rings is 1. The summed E-state index contributed by atoms with van der Waals surface area (Å²) in [7, 11) is 0. The summed E-state index contributed by atoms with van der Waals surface area (Å²) in [6.45, 7) is 0. The number of ether oxygens (including phenoxy) is 1. The molecule has 0 aliphatic rings. The summed E-state index contributed by atoms with van der Waals surface area (Å²) < 4.78 is 5.14. The third kappa shape index (κ3) is 3.69. The Bertz CT molecular complexity index is 378. The van der Waals surface area contributed by atoms with Crippen LogP contribution in [0.25, 0.3) is 0 Å². The first-order valence-electron chi connectivity index (χ1n) is 3.73. The van der Waals surface area contributed by atoms with Crippen LogP contribution < -0.4 is 4.74 Å². The van der Waals surface area contributed by atoms with Gasteiger partial charge in [-0.2, -0.15) is 5.26 Å². The van der Waals surface area contributed by atoms with Crippen molar-refractivity contribution in [2.45, 2.75) is 0 Å². The zero-order chi connectivity index (χ0) is 10.4. The fourth-order valence-corrected chi connectivity index (χ4v) is 0.954. The number of halogens is 2. The van der Waals surface area contributed by atoms with Crippen LogP contribution in [-0.2, 0) is 0 Å². The normalized spacial score (nSPS) is 8.93. The van der Waals surface area contributed by atoms with Crippen molar-refractivity contribution in [2.75, 3.05) is 0 Å². The summed E-state index contributed by atoms with van der Waals surface area (Å²) in [6.07, 6.45) is 2.63. The molecule has 14 heavy (non-hydrogen) atoms.